The molecular weight excluding hydrogens is 308 g/mol. The van der Waals surface area contributed by atoms with E-state index in [1.165, 1.54) is 12.1 Å². The number of thioether (sulfide) groups is 1. The Morgan fingerprint density at radius 3 is 2.52 bits per heavy atom. The number of carboxylic acids is 1. The van der Waals surface area contributed by atoms with Crippen LogP contribution in [-0.2, 0) is 5.75 Å². The van der Waals surface area contributed by atoms with Gasteiger partial charge in [0.1, 0.15) is 5.75 Å². The Labute approximate surface area is 132 Å². The highest BCUT2D eigenvalue weighted by molar-refractivity contribution is 7.98. The zero-order valence-electron chi connectivity index (χ0n) is 11.3. The minimum atomic E-state index is -0.933. The van der Waals surface area contributed by atoms with Gasteiger partial charge in [0.2, 0.25) is 0 Å². The summed E-state index contributed by atoms with van der Waals surface area (Å²) in [4.78, 5) is 10.7. The van der Waals surface area contributed by atoms with E-state index in [1.807, 2.05) is 24.3 Å². The lowest BCUT2D eigenvalue weighted by molar-refractivity contribution is 0.0697. The number of ether oxygens (including phenoxy) is 1. The first kappa shape index (κ1) is 15.7. The van der Waals surface area contributed by atoms with Gasteiger partial charge in [0.25, 0.3) is 0 Å². The molecule has 0 aliphatic heterocycles. The molecule has 0 atom stereocenters. The number of carbonyl (C=O) groups is 1. The predicted octanol–water partition coefficient (Wildman–Crippen LogP) is 4.35. The summed E-state index contributed by atoms with van der Waals surface area (Å²) in [5.74, 6) is 1.43. The molecule has 0 aliphatic rings. The van der Waals surface area contributed by atoms with Crippen molar-refractivity contribution < 1.29 is 14.6 Å². The number of halogens is 1. The molecule has 0 heterocycles. The first-order valence-electron chi connectivity index (χ1n) is 6.44. The molecule has 110 valence electrons. The summed E-state index contributed by atoms with van der Waals surface area (Å²) < 4.78 is 5.56. The molecule has 5 heteroatoms. The van der Waals surface area contributed by atoms with Crippen LogP contribution in [0.2, 0.25) is 5.02 Å². The van der Waals surface area contributed by atoms with Crippen molar-refractivity contribution in [3.05, 3.63) is 64.7 Å². The van der Waals surface area contributed by atoms with Gasteiger partial charge < -0.3 is 9.84 Å². The van der Waals surface area contributed by atoms with E-state index < -0.39 is 5.97 Å². The minimum Gasteiger partial charge on any atom is -0.493 e. The van der Waals surface area contributed by atoms with Gasteiger partial charge in [-0.2, -0.15) is 11.8 Å². The Morgan fingerprint density at radius 2 is 1.86 bits per heavy atom. The summed E-state index contributed by atoms with van der Waals surface area (Å²) in [6, 6.07) is 14.2. The average molecular weight is 323 g/mol. The second-order valence-corrected chi connectivity index (χ2v) is 5.83. The van der Waals surface area contributed by atoms with Gasteiger partial charge in [-0.3, -0.25) is 0 Å². The fraction of sp³-hybridized carbons (Fsp3) is 0.188. The van der Waals surface area contributed by atoms with E-state index in [0.717, 1.165) is 22.1 Å². The van der Waals surface area contributed by atoms with Crippen LogP contribution in [-0.4, -0.2) is 23.4 Å². The number of benzene rings is 2. The van der Waals surface area contributed by atoms with Crippen LogP contribution >= 0.6 is 23.4 Å². The van der Waals surface area contributed by atoms with E-state index in [9.17, 15) is 4.79 Å². The number of hydrogen-bond donors (Lipinski definition) is 1. The molecule has 0 saturated heterocycles. The van der Waals surface area contributed by atoms with Gasteiger partial charge in [-0.15, -0.1) is 0 Å². The van der Waals surface area contributed by atoms with Crippen LogP contribution < -0.4 is 4.74 Å². The van der Waals surface area contributed by atoms with E-state index >= 15 is 0 Å². The predicted molar refractivity (Wildman–Crippen MR) is 86.5 cm³/mol. The lowest BCUT2D eigenvalue weighted by atomic mass is 10.2. The summed E-state index contributed by atoms with van der Waals surface area (Å²) in [5.41, 5.74) is 1.38. The smallest absolute Gasteiger partial charge is 0.335 e. The maximum absolute atomic E-state index is 10.7. The Hall–Kier alpha value is -1.65. The summed E-state index contributed by atoms with van der Waals surface area (Å²) in [7, 11) is 0. The number of carboxylic acid groups (broad SMARTS) is 1. The van der Waals surface area contributed by atoms with Crippen LogP contribution in [0, 0.1) is 0 Å². The van der Waals surface area contributed by atoms with Crippen LogP contribution in [0.4, 0.5) is 0 Å². The van der Waals surface area contributed by atoms with Crippen molar-refractivity contribution in [2.45, 2.75) is 5.75 Å². The highest BCUT2D eigenvalue weighted by Crippen LogP contribution is 2.21. The molecule has 0 saturated carbocycles. The molecule has 0 aromatic heterocycles. The normalized spacial score (nSPS) is 10.3. The van der Waals surface area contributed by atoms with Crippen molar-refractivity contribution in [2.75, 3.05) is 12.4 Å². The number of aromatic carboxylic acids is 1. The van der Waals surface area contributed by atoms with Crippen LogP contribution in [0.25, 0.3) is 0 Å². The van der Waals surface area contributed by atoms with Crippen LogP contribution in [0.5, 0.6) is 5.75 Å². The second-order valence-electron chi connectivity index (χ2n) is 4.32. The van der Waals surface area contributed by atoms with Crippen molar-refractivity contribution in [1.82, 2.24) is 0 Å². The summed E-state index contributed by atoms with van der Waals surface area (Å²) in [5, 5.41) is 9.58. The monoisotopic (exact) mass is 322 g/mol. The Kier molecular flexibility index (Phi) is 5.96. The number of rotatable bonds is 7. The minimum absolute atomic E-state index is 0.260. The SMILES string of the molecule is O=C(O)c1ccc(OCCSCc2ccccc2Cl)cc1. The average Bonchev–Trinajstić information content (AvgIpc) is 2.49. The molecule has 0 spiro atoms. The molecule has 0 amide bonds. The molecule has 0 unspecified atom stereocenters. The quantitative estimate of drug-likeness (QED) is 0.770. The molecular formula is C16H15ClO3S. The molecule has 2 aromatic carbocycles. The fourth-order valence-corrected chi connectivity index (χ4v) is 2.81. The molecule has 0 fully saturated rings. The Morgan fingerprint density at radius 1 is 1.14 bits per heavy atom. The number of hydrogen-bond acceptors (Lipinski definition) is 3. The zero-order valence-corrected chi connectivity index (χ0v) is 12.9. The van der Waals surface area contributed by atoms with E-state index in [0.29, 0.717) is 12.4 Å². The molecule has 21 heavy (non-hydrogen) atoms. The van der Waals surface area contributed by atoms with Gasteiger partial charge in [0.15, 0.2) is 0 Å². The van der Waals surface area contributed by atoms with Crippen molar-refractivity contribution in [1.29, 1.82) is 0 Å². The van der Waals surface area contributed by atoms with Crippen molar-refractivity contribution in [3.8, 4) is 5.75 Å². The zero-order chi connectivity index (χ0) is 15.1. The molecule has 0 bridgehead atoms. The summed E-state index contributed by atoms with van der Waals surface area (Å²) >= 11 is 7.83. The van der Waals surface area contributed by atoms with E-state index in [1.54, 1.807) is 23.9 Å². The van der Waals surface area contributed by atoms with E-state index in [-0.39, 0.29) is 5.56 Å². The maximum Gasteiger partial charge on any atom is 0.335 e. The third-order valence-corrected chi connectivity index (χ3v) is 4.15. The molecule has 2 aromatic rings. The molecule has 1 N–H and O–H groups in total. The van der Waals surface area contributed by atoms with Gasteiger partial charge in [-0.25, -0.2) is 4.79 Å². The van der Waals surface area contributed by atoms with Crippen molar-refractivity contribution in [3.63, 3.8) is 0 Å². The van der Waals surface area contributed by atoms with Crippen LogP contribution in [0.1, 0.15) is 15.9 Å². The first-order chi connectivity index (χ1) is 10.2. The summed E-state index contributed by atoms with van der Waals surface area (Å²) in [6.45, 7) is 0.571. The van der Waals surface area contributed by atoms with Crippen molar-refractivity contribution >= 4 is 29.3 Å². The van der Waals surface area contributed by atoms with Gasteiger partial charge in [0, 0.05) is 16.5 Å². The third-order valence-electron chi connectivity index (χ3n) is 2.81. The molecule has 0 aliphatic carbocycles. The first-order valence-corrected chi connectivity index (χ1v) is 7.97. The molecule has 2 rings (SSSR count). The third kappa shape index (κ3) is 4.99. The fourth-order valence-electron chi connectivity index (χ4n) is 1.71. The van der Waals surface area contributed by atoms with Gasteiger partial charge in [-0.05, 0) is 35.9 Å². The van der Waals surface area contributed by atoms with E-state index in [2.05, 4.69) is 0 Å². The standard InChI is InChI=1S/C16H15ClO3S/c17-15-4-2-1-3-13(15)11-21-10-9-20-14-7-5-12(6-8-14)16(18)19/h1-8H,9-11H2,(H,18,19). The molecule has 0 radical (unpaired) electrons. The maximum atomic E-state index is 10.7. The lowest BCUT2D eigenvalue weighted by Crippen LogP contribution is -2.01. The highest BCUT2D eigenvalue weighted by atomic mass is 35.5. The van der Waals surface area contributed by atoms with Crippen LogP contribution in [0.3, 0.4) is 0 Å². The Bertz CT molecular complexity index is 599. The van der Waals surface area contributed by atoms with Crippen molar-refractivity contribution in [2.24, 2.45) is 0 Å². The van der Waals surface area contributed by atoms with Gasteiger partial charge in [-0.1, -0.05) is 29.8 Å². The van der Waals surface area contributed by atoms with Gasteiger partial charge >= 0.3 is 5.97 Å². The largest absolute Gasteiger partial charge is 0.493 e. The topological polar surface area (TPSA) is 46.5 Å². The molecule has 3 nitrogen and oxygen atoms in total. The van der Waals surface area contributed by atoms with Crippen LogP contribution in [0.15, 0.2) is 48.5 Å². The lowest BCUT2D eigenvalue weighted by Gasteiger charge is -2.07. The second kappa shape index (κ2) is 7.96. The van der Waals surface area contributed by atoms with Gasteiger partial charge in [0.05, 0.1) is 12.2 Å². The summed E-state index contributed by atoms with van der Waals surface area (Å²) in [6.07, 6.45) is 0. The van der Waals surface area contributed by atoms with E-state index in [4.69, 9.17) is 21.4 Å². The Balaban J connectivity index is 1.70. The highest BCUT2D eigenvalue weighted by Gasteiger charge is 2.02.